The number of hydrogen-bond acceptors (Lipinski definition) is 5. The Kier molecular flexibility index (Phi) is 5.86. The molecule has 1 aromatic carbocycles. The Hall–Kier alpha value is -1.49. The molecule has 156 valence electrons. The van der Waals surface area contributed by atoms with Gasteiger partial charge in [0.25, 0.3) is 0 Å². The average Bonchev–Trinajstić information content (AvgIpc) is 2.99. The highest BCUT2D eigenvalue weighted by Crippen LogP contribution is 2.31. The maximum absolute atomic E-state index is 13.1. The van der Waals surface area contributed by atoms with Crippen molar-refractivity contribution in [3.05, 3.63) is 35.4 Å². The van der Waals surface area contributed by atoms with Crippen molar-refractivity contribution >= 4 is 15.8 Å². The summed E-state index contributed by atoms with van der Waals surface area (Å²) in [5, 5.41) is -0.646. The normalized spacial score (nSPS) is 29.8. The Morgan fingerprint density at radius 2 is 1.68 bits per heavy atom. The topological polar surface area (TPSA) is 78.5 Å². The molecule has 10 heteroatoms. The summed E-state index contributed by atoms with van der Waals surface area (Å²) in [6, 6.07) is 3.53. The van der Waals surface area contributed by atoms with Gasteiger partial charge < -0.3 is 0 Å². The number of Topliss-reactive ketones (excluding diaryl/α,β-unsaturated/α-hetero) is 1. The maximum atomic E-state index is 13.1. The number of halogens is 3. The van der Waals surface area contributed by atoms with E-state index in [4.69, 9.17) is 0 Å². The molecule has 0 bridgehead atoms. The summed E-state index contributed by atoms with van der Waals surface area (Å²) in [4.78, 5) is 12.8. The minimum atomic E-state index is -4.46. The second kappa shape index (κ2) is 7.74. The van der Waals surface area contributed by atoms with Crippen molar-refractivity contribution in [3.63, 3.8) is 0 Å². The molecule has 0 amide bonds. The smallest absolute Gasteiger partial charge is 0.294 e. The number of nitrogens with one attached hydrogen (secondary N) is 2. The second-order valence-corrected chi connectivity index (χ2v) is 9.60. The van der Waals surface area contributed by atoms with E-state index in [2.05, 4.69) is 10.9 Å². The molecule has 2 fully saturated rings. The molecule has 0 saturated carbocycles. The molecule has 3 unspecified atom stereocenters. The van der Waals surface area contributed by atoms with E-state index < -0.39 is 32.9 Å². The van der Waals surface area contributed by atoms with Gasteiger partial charge in [-0.2, -0.15) is 13.2 Å². The predicted molar refractivity (Wildman–Crippen MR) is 98.0 cm³/mol. The molecule has 2 N–H and O–H groups in total. The molecule has 1 aromatic rings. The molecule has 2 heterocycles. The van der Waals surface area contributed by atoms with E-state index in [1.807, 2.05) is 0 Å². The van der Waals surface area contributed by atoms with Gasteiger partial charge in [0.1, 0.15) is 5.25 Å². The summed E-state index contributed by atoms with van der Waals surface area (Å²) in [5.74, 6) is -0.884. The van der Waals surface area contributed by atoms with Gasteiger partial charge in [-0.1, -0.05) is 12.1 Å². The van der Waals surface area contributed by atoms with Crippen LogP contribution >= 0.6 is 0 Å². The lowest BCUT2D eigenvalue weighted by atomic mass is 9.90. The van der Waals surface area contributed by atoms with E-state index in [0.29, 0.717) is 19.4 Å². The lowest BCUT2D eigenvalue weighted by molar-refractivity contribution is -0.137. The van der Waals surface area contributed by atoms with Crippen LogP contribution < -0.4 is 10.9 Å². The summed E-state index contributed by atoms with van der Waals surface area (Å²) < 4.78 is 65.6. The molecule has 0 aliphatic carbocycles. The number of alkyl halides is 3. The monoisotopic (exact) mass is 419 g/mol. The van der Waals surface area contributed by atoms with Crippen molar-refractivity contribution in [2.45, 2.75) is 50.2 Å². The molecule has 2 aliphatic heterocycles. The molecule has 2 saturated heterocycles. The van der Waals surface area contributed by atoms with Gasteiger partial charge in [-0.05, 0) is 38.8 Å². The molecule has 0 spiro atoms. The summed E-state index contributed by atoms with van der Waals surface area (Å²) in [6.07, 6.45) is -3.42. The van der Waals surface area contributed by atoms with Crippen LogP contribution in [0.2, 0.25) is 0 Å². The van der Waals surface area contributed by atoms with Crippen molar-refractivity contribution in [1.29, 1.82) is 0 Å². The molecular formula is C18H24F3N3O3S. The Bertz CT molecular complexity index is 817. The van der Waals surface area contributed by atoms with E-state index >= 15 is 0 Å². The minimum Gasteiger partial charge on any atom is -0.294 e. The first kappa shape index (κ1) is 21.2. The Balaban J connectivity index is 1.75. The highest BCUT2D eigenvalue weighted by atomic mass is 32.2. The lowest BCUT2D eigenvalue weighted by Gasteiger charge is -2.34. The fourth-order valence-corrected chi connectivity index (χ4v) is 6.28. The molecular weight excluding hydrogens is 395 g/mol. The first-order valence-electron chi connectivity index (χ1n) is 9.23. The third kappa shape index (κ3) is 4.10. The standard InChI is InChI=1S/C18H24F3N3O3S/c1-11-17(12(2)23-22-11)28(26,27)24-9-3-4-14(10-24)16(25)13-5-7-15(8-6-13)18(19,20)21/h5-8,11-12,14,17,22-23H,3-4,9-10H2,1-2H3. The number of ketones is 1. The number of nitrogens with zero attached hydrogens (tertiary/aromatic N) is 1. The van der Waals surface area contributed by atoms with E-state index in [0.717, 1.165) is 24.3 Å². The van der Waals surface area contributed by atoms with Crippen LogP contribution in [0.25, 0.3) is 0 Å². The van der Waals surface area contributed by atoms with Gasteiger partial charge in [-0.15, -0.1) is 0 Å². The van der Waals surface area contributed by atoms with E-state index in [1.54, 1.807) is 13.8 Å². The van der Waals surface area contributed by atoms with Crippen LogP contribution in [-0.4, -0.2) is 48.9 Å². The second-order valence-electron chi connectivity index (χ2n) is 7.51. The van der Waals surface area contributed by atoms with Crippen molar-refractivity contribution in [3.8, 4) is 0 Å². The first-order chi connectivity index (χ1) is 13.0. The zero-order chi connectivity index (χ0) is 20.7. The van der Waals surface area contributed by atoms with E-state index in [-0.39, 0.29) is 30.0 Å². The van der Waals surface area contributed by atoms with Crippen LogP contribution in [0.1, 0.15) is 42.6 Å². The average molecular weight is 419 g/mol. The number of piperidine rings is 1. The molecule has 0 aromatic heterocycles. The van der Waals surface area contributed by atoms with Gasteiger partial charge in [0.2, 0.25) is 10.0 Å². The van der Waals surface area contributed by atoms with E-state index in [9.17, 15) is 26.4 Å². The SMILES string of the molecule is CC1NNC(C)C1S(=O)(=O)N1CCCC(C(=O)c2ccc(C(F)(F)F)cc2)C1. The van der Waals surface area contributed by atoms with Crippen molar-refractivity contribution in [2.24, 2.45) is 5.92 Å². The van der Waals surface area contributed by atoms with E-state index in [1.165, 1.54) is 4.31 Å². The van der Waals surface area contributed by atoms with Gasteiger partial charge in [0.15, 0.2) is 5.78 Å². The molecule has 2 aliphatic rings. The highest BCUT2D eigenvalue weighted by Gasteiger charge is 2.45. The summed E-state index contributed by atoms with van der Waals surface area (Å²) >= 11 is 0. The lowest BCUT2D eigenvalue weighted by Crippen LogP contribution is -2.51. The molecule has 28 heavy (non-hydrogen) atoms. The number of hydrogen-bond donors (Lipinski definition) is 2. The summed E-state index contributed by atoms with van der Waals surface area (Å²) in [5.41, 5.74) is 5.21. The minimum absolute atomic E-state index is 0.0537. The van der Waals surface area contributed by atoms with Gasteiger partial charge in [-0.3, -0.25) is 15.6 Å². The number of sulfonamides is 1. The number of rotatable bonds is 4. The van der Waals surface area contributed by atoms with Gasteiger partial charge in [-0.25, -0.2) is 12.7 Å². The predicted octanol–water partition coefficient (Wildman–Crippen LogP) is 2.18. The zero-order valence-electron chi connectivity index (χ0n) is 15.7. The number of carbonyl (C=O) groups is 1. The summed E-state index contributed by atoms with van der Waals surface area (Å²) in [7, 11) is -3.63. The van der Waals surface area contributed by atoms with Crippen LogP contribution in [0.4, 0.5) is 13.2 Å². The first-order valence-corrected chi connectivity index (χ1v) is 10.7. The molecule has 3 atom stereocenters. The third-order valence-electron chi connectivity index (χ3n) is 5.48. The highest BCUT2D eigenvalue weighted by molar-refractivity contribution is 7.89. The third-order valence-corrected chi connectivity index (χ3v) is 8.04. The van der Waals surface area contributed by atoms with Crippen LogP contribution in [0.5, 0.6) is 0 Å². The Morgan fingerprint density at radius 1 is 1.11 bits per heavy atom. The quantitative estimate of drug-likeness (QED) is 0.732. The van der Waals surface area contributed by atoms with Crippen LogP contribution in [0.3, 0.4) is 0 Å². The molecule has 3 rings (SSSR count). The van der Waals surface area contributed by atoms with Crippen LogP contribution in [0.15, 0.2) is 24.3 Å². The van der Waals surface area contributed by atoms with Crippen molar-refractivity contribution in [2.75, 3.05) is 13.1 Å². The summed E-state index contributed by atoms with van der Waals surface area (Å²) in [6.45, 7) is 3.97. The largest absolute Gasteiger partial charge is 0.416 e. The molecule has 0 radical (unpaired) electrons. The fraction of sp³-hybridized carbons (Fsp3) is 0.611. The van der Waals surface area contributed by atoms with Crippen LogP contribution in [0, 0.1) is 5.92 Å². The Morgan fingerprint density at radius 3 is 2.21 bits per heavy atom. The maximum Gasteiger partial charge on any atom is 0.416 e. The number of hydrazine groups is 1. The van der Waals surface area contributed by atoms with Gasteiger partial charge >= 0.3 is 6.18 Å². The van der Waals surface area contributed by atoms with Crippen molar-refractivity contribution < 1.29 is 26.4 Å². The number of carbonyl (C=O) groups excluding carboxylic acids is 1. The fourth-order valence-electron chi connectivity index (χ4n) is 3.99. The number of benzene rings is 1. The van der Waals surface area contributed by atoms with Gasteiger partial charge in [0, 0.05) is 36.7 Å². The van der Waals surface area contributed by atoms with Crippen LogP contribution in [-0.2, 0) is 16.2 Å². The Labute approximate surface area is 162 Å². The molecule has 6 nitrogen and oxygen atoms in total. The van der Waals surface area contributed by atoms with Gasteiger partial charge in [0.05, 0.1) is 5.56 Å². The zero-order valence-corrected chi connectivity index (χ0v) is 16.5. The van der Waals surface area contributed by atoms with Crippen molar-refractivity contribution in [1.82, 2.24) is 15.2 Å².